The second kappa shape index (κ2) is 20.5. The Hall–Kier alpha value is -7.54. The van der Waals surface area contributed by atoms with E-state index in [1.165, 1.54) is 32.3 Å². The molecule has 2 aliphatic heterocycles. The molecule has 18 nitrogen and oxygen atoms in total. The molecule has 3 aromatic carbocycles. The van der Waals surface area contributed by atoms with Gasteiger partial charge in [-0.1, -0.05) is 18.2 Å². The van der Waals surface area contributed by atoms with E-state index in [4.69, 9.17) is 14.6 Å². The van der Waals surface area contributed by atoms with E-state index in [1.807, 2.05) is 30.3 Å². The standard InChI is InChI=1S/C47H50N8O10S/c1-26(49-40(56)12-7-8-14-43(58)59)44(60)50-27(2)45(61)53-42-20-29-18-30(15-16-39(29)66-42)52-46(62)36-21-31(25-54(36)3)51-41(57)13-9-17-65-38-23-34-33(22-37(38)64-4)47(63)55-32(24-48-34)19-28-10-5-6-11-35(28)55/h5-6,10-11,15-16,18,20-27,32H,7-9,12-14,17,19H2,1-4H3,(H,49,56)(H,50,60)(H,51,57)(H,52,62)(H,53,61)(H,58,59)/t26-,27-,32-/m0/s1. The summed E-state index contributed by atoms with van der Waals surface area (Å²) in [6, 6.07) is 17.8. The summed E-state index contributed by atoms with van der Waals surface area (Å²) < 4.78 is 14.0. The molecule has 2 aliphatic rings. The number of rotatable bonds is 19. The first-order chi connectivity index (χ1) is 31.7. The number of aliphatic carboxylic acids is 1. The van der Waals surface area contributed by atoms with Crippen LogP contribution in [0.25, 0.3) is 10.1 Å². The summed E-state index contributed by atoms with van der Waals surface area (Å²) in [6.07, 6.45) is 5.38. The van der Waals surface area contributed by atoms with Crippen molar-refractivity contribution < 1.29 is 48.1 Å². The number of benzene rings is 3. The van der Waals surface area contributed by atoms with Gasteiger partial charge in [-0.2, -0.15) is 0 Å². The number of nitrogens with zero attached hydrogens (tertiary/aromatic N) is 3. The Morgan fingerprint density at radius 2 is 1.59 bits per heavy atom. The number of fused-ring (bicyclic) bond motifs is 5. The van der Waals surface area contributed by atoms with E-state index in [-0.39, 0.29) is 49.6 Å². The first-order valence-corrected chi connectivity index (χ1v) is 22.2. The van der Waals surface area contributed by atoms with Crippen LogP contribution < -0.4 is 41.0 Å². The van der Waals surface area contributed by atoms with Crippen molar-refractivity contribution in [2.75, 3.05) is 34.6 Å². The topological polar surface area (TPSA) is 239 Å². The molecule has 0 aliphatic carbocycles. The fourth-order valence-corrected chi connectivity index (χ4v) is 8.58. The molecule has 6 amide bonds. The molecule has 0 bridgehead atoms. The van der Waals surface area contributed by atoms with Crippen LogP contribution in [0.15, 0.2) is 77.9 Å². The minimum Gasteiger partial charge on any atom is -0.493 e. The molecule has 4 heterocycles. The maximum Gasteiger partial charge on any atom is 0.303 e. The number of carbonyl (C=O) groups is 7. The van der Waals surface area contributed by atoms with E-state index in [0.717, 1.165) is 21.3 Å². The fourth-order valence-electron chi connectivity index (χ4n) is 7.64. The summed E-state index contributed by atoms with van der Waals surface area (Å²) in [4.78, 5) is 94.8. The SMILES string of the molecule is COc1cc2c(cc1OCCCC(=O)Nc1cc(C(=O)Nc3ccc4sc(NC(=O)[C@H](C)NC(=O)[C@H](C)NC(=O)CCCCC(=O)O)cc4c3)n(C)c1)N=C[C@@H]1Cc3ccccc3N1C2=O. The number of carboxylic acid groups (broad SMARTS) is 1. The van der Waals surface area contributed by atoms with Crippen molar-refractivity contribution >= 4 is 96.8 Å². The number of carbonyl (C=O) groups excluding carboxylic acids is 6. The van der Waals surface area contributed by atoms with E-state index in [9.17, 15) is 33.6 Å². The van der Waals surface area contributed by atoms with E-state index in [2.05, 4.69) is 31.6 Å². The van der Waals surface area contributed by atoms with Gasteiger partial charge in [0.1, 0.15) is 17.8 Å². The smallest absolute Gasteiger partial charge is 0.303 e. The molecular weight excluding hydrogens is 869 g/mol. The Kier molecular flexibility index (Phi) is 14.4. The molecule has 0 fully saturated rings. The molecule has 6 N–H and O–H groups in total. The van der Waals surface area contributed by atoms with Gasteiger partial charge in [0, 0.05) is 67.3 Å². The highest BCUT2D eigenvalue weighted by molar-refractivity contribution is 7.23. The quantitative estimate of drug-likeness (QED) is 0.0515. The van der Waals surface area contributed by atoms with Gasteiger partial charge in [-0.05, 0) is 86.5 Å². The molecular formula is C47H50N8O10S. The zero-order valence-electron chi connectivity index (χ0n) is 36.8. The molecule has 7 rings (SSSR count). The van der Waals surface area contributed by atoms with Gasteiger partial charge in [0.05, 0.1) is 41.7 Å². The second-order valence-corrected chi connectivity index (χ2v) is 17.1. The first kappa shape index (κ1) is 46.5. The van der Waals surface area contributed by atoms with Crippen LogP contribution in [0.2, 0.25) is 0 Å². The number of hydrogen-bond acceptors (Lipinski definition) is 11. The number of amides is 6. The van der Waals surface area contributed by atoms with Crippen molar-refractivity contribution in [3.05, 3.63) is 89.7 Å². The van der Waals surface area contributed by atoms with Crippen LogP contribution >= 0.6 is 11.3 Å². The predicted molar refractivity (Wildman–Crippen MR) is 250 cm³/mol. The lowest BCUT2D eigenvalue weighted by molar-refractivity contribution is -0.137. The van der Waals surface area contributed by atoms with E-state index in [1.54, 1.807) is 65.3 Å². The van der Waals surface area contributed by atoms with Crippen molar-refractivity contribution in [3.63, 3.8) is 0 Å². The summed E-state index contributed by atoms with van der Waals surface area (Å²) in [6.45, 7) is 3.20. The number of ether oxygens (including phenoxy) is 2. The summed E-state index contributed by atoms with van der Waals surface area (Å²) in [5.41, 5.74) is 4.09. The summed E-state index contributed by atoms with van der Waals surface area (Å²) in [7, 11) is 3.19. The molecule has 5 aromatic rings. The maximum absolute atomic E-state index is 13.7. The predicted octanol–water partition coefficient (Wildman–Crippen LogP) is 6.18. The third-order valence-corrected chi connectivity index (χ3v) is 12.1. The average Bonchev–Trinajstić information content (AvgIpc) is 3.96. The van der Waals surface area contributed by atoms with Crippen molar-refractivity contribution in [2.24, 2.45) is 12.0 Å². The lowest BCUT2D eigenvalue weighted by atomic mass is 10.1. The molecule has 3 atom stereocenters. The van der Waals surface area contributed by atoms with Gasteiger partial charge in [-0.3, -0.25) is 43.5 Å². The average molecular weight is 919 g/mol. The highest BCUT2D eigenvalue weighted by Gasteiger charge is 2.36. The van der Waals surface area contributed by atoms with Gasteiger partial charge in [0.25, 0.3) is 11.8 Å². The fraction of sp³-hybridized carbons (Fsp3) is 0.319. The van der Waals surface area contributed by atoms with Crippen molar-refractivity contribution in [3.8, 4) is 11.5 Å². The van der Waals surface area contributed by atoms with Gasteiger partial charge in [0.2, 0.25) is 23.6 Å². The monoisotopic (exact) mass is 918 g/mol. The number of methoxy groups -OCH3 is 1. The number of thiophene rings is 1. The number of hydrogen-bond donors (Lipinski definition) is 6. The van der Waals surface area contributed by atoms with Gasteiger partial charge in [0.15, 0.2) is 11.5 Å². The third-order valence-electron chi connectivity index (χ3n) is 11.0. The molecule has 0 unspecified atom stereocenters. The highest BCUT2D eigenvalue weighted by atomic mass is 32.1. The van der Waals surface area contributed by atoms with Crippen LogP contribution in [-0.2, 0) is 37.4 Å². The van der Waals surface area contributed by atoms with Crippen LogP contribution in [0.3, 0.4) is 0 Å². The number of aliphatic imine (C=N–C) groups is 1. The number of unbranched alkanes of at least 4 members (excludes halogenated alkanes) is 1. The number of aromatic nitrogens is 1. The van der Waals surface area contributed by atoms with E-state index in [0.29, 0.717) is 70.5 Å². The molecule has 2 aromatic heterocycles. The van der Waals surface area contributed by atoms with Crippen LogP contribution in [0.4, 0.5) is 27.8 Å². The minimum absolute atomic E-state index is 0.0383. The van der Waals surface area contributed by atoms with Gasteiger partial charge < -0.3 is 45.7 Å². The van der Waals surface area contributed by atoms with E-state index < -0.39 is 35.8 Å². The zero-order chi connectivity index (χ0) is 47.1. The number of anilines is 4. The molecule has 0 saturated carbocycles. The number of para-hydroxylation sites is 1. The summed E-state index contributed by atoms with van der Waals surface area (Å²) >= 11 is 1.31. The first-order valence-electron chi connectivity index (χ1n) is 21.4. The van der Waals surface area contributed by atoms with Crippen LogP contribution in [0.1, 0.15) is 78.8 Å². The van der Waals surface area contributed by atoms with Gasteiger partial charge in [-0.25, -0.2) is 0 Å². The minimum atomic E-state index is -0.938. The Labute approximate surface area is 383 Å². The lowest BCUT2D eigenvalue weighted by Crippen LogP contribution is -2.50. The van der Waals surface area contributed by atoms with Crippen LogP contribution in [0.5, 0.6) is 11.5 Å². The molecule has 19 heteroatoms. The molecule has 344 valence electrons. The third kappa shape index (κ3) is 11.0. The van der Waals surface area contributed by atoms with E-state index >= 15 is 0 Å². The van der Waals surface area contributed by atoms with Crippen LogP contribution in [-0.4, -0.2) is 89.1 Å². The summed E-state index contributed by atoms with van der Waals surface area (Å²) in [5, 5.41) is 23.7. The van der Waals surface area contributed by atoms with Gasteiger partial charge in [-0.15, -0.1) is 11.3 Å². The van der Waals surface area contributed by atoms with Crippen molar-refractivity contribution in [2.45, 2.75) is 76.9 Å². The van der Waals surface area contributed by atoms with Crippen molar-refractivity contribution in [1.29, 1.82) is 0 Å². The maximum atomic E-state index is 13.7. The zero-order valence-corrected chi connectivity index (χ0v) is 37.6. The Morgan fingerprint density at radius 1 is 0.833 bits per heavy atom. The number of carboxylic acids is 1. The second-order valence-electron chi connectivity index (χ2n) is 16.0. The van der Waals surface area contributed by atoms with Gasteiger partial charge >= 0.3 is 5.97 Å². The molecule has 0 radical (unpaired) electrons. The summed E-state index contributed by atoms with van der Waals surface area (Å²) in [5.74, 6) is -2.42. The Balaban J connectivity index is 0.862. The molecule has 0 spiro atoms. The van der Waals surface area contributed by atoms with Crippen molar-refractivity contribution in [1.82, 2.24) is 15.2 Å². The lowest BCUT2D eigenvalue weighted by Gasteiger charge is -2.22. The highest BCUT2D eigenvalue weighted by Crippen LogP contribution is 2.41. The number of nitrogens with one attached hydrogen (secondary N) is 5. The number of aryl methyl sites for hydroxylation is 1. The largest absolute Gasteiger partial charge is 0.493 e. The Morgan fingerprint density at radius 3 is 2.38 bits per heavy atom. The Bertz CT molecular complexity index is 2740. The normalized spacial score (nSPS) is 14.5. The van der Waals surface area contributed by atoms with Crippen LogP contribution in [0, 0.1) is 0 Å². The molecule has 66 heavy (non-hydrogen) atoms. The molecule has 0 saturated heterocycles.